The van der Waals surface area contributed by atoms with Crippen molar-refractivity contribution in [2.24, 2.45) is 0 Å². The predicted molar refractivity (Wildman–Crippen MR) is 85.5 cm³/mol. The van der Waals surface area contributed by atoms with Crippen LogP contribution in [0.3, 0.4) is 0 Å². The lowest BCUT2D eigenvalue weighted by Crippen LogP contribution is -2.26. The normalized spacial score (nSPS) is 9.81. The van der Waals surface area contributed by atoms with E-state index in [1.54, 1.807) is 17.4 Å². The van der Waals surface area contributed by atoms with Crippen LogP contribution in [0.15, 0.2) is 35.0 Å². The Labute approximate surface area is 128 Å². The van der Waals surface area contributed by atoms with E-state index in [0.717, 1.165) is 12.0 Å². The lowest BCUT2D eigenvalue weighted by molar-refractivity contribution is 0.0954. The molecule has 108 valence electrons. The highest BCUT2D eigenvalue weighted by Crippen LogP contribution is 2.11. The van der Waals surface area contributed by atoms with E-state index < -0.39 is 0 Å². The Morgan fingerprint density at radius 3 is 2.95 bits per heavy atom. The zero-order valence-corrected chi connectivity index (χ0v) is 12.7. The smallest absolute Gasteiger partial charge is 0.252 e. The highest BCUT2D eigenvalue weighted by Gasteiger charge is 2.09. The second-order valence-electron chi connectivity index (χ2n) is 4.65. The first-order valence-electron chi connectivity index (χ1n) is 6.70. The summed E-state index contributed by atoms with van der Waals surface area (Å²) in [5.74, 6) is 5.29. The average Bonchev–Trinajstić information content (AvgIpc) is 2.98. The van der Waals surface area contributed by atoms with Gasteiger partial charge in [0.2, 0.25) is 0 Å². The first kappa shape index (κ1) is 15.3. The highest BCUT2D eigenvalue weighted by molar-refractivity contribution is 7.07. The van der Waals surface area contributed by atoms with Crippen molar-refractivity contribution in [3.05, 3.63) is 57.3 Å². The maximum Gasteiger partial charge on any atom is 0.252 e. The van der Waals surface area contributed by atoms with Crippen molar-refractivity contribution >= 4 is 17.2 Å². The van der Waals surface area contributed by atoms with E-state index in [0.29, 0.717) is 17.7 Å². The zero-order chi connectivity index (χ0) is 15.1. The summed E-state index contributed by atoms with van der Waals surface area (Å²) in [5.41, 5.74) is 3.46. The quantitative estimate of drug-likeness (QED) is 0.852. The van der Waals surface area contributed by atoms with E-state index in [2.05, 4.69) is 28.6 Å². The van der Waals surface area contributed by atoms with Gasteiger partial charge in [0.1, 0.15) is 6.61 Å². The minimum Gasteiger partial charge on any atom is -0.384 e. The third kappa shape index (κ3) is 4.45. The Bertz CT molecular complexity index is 666. The fourth-order valence-corrected chi connectivity index (χ4v) is 2.65. The van der Waals surface area contributed by atoms with Crippen molar-refractivity contribution in [2.75, 3.05) is 13.2 Å². The second-order valence-corrected chi connectivity index (χ2v) is 5.43. The molecule has 0 radical (unpaired) electrons. The fourth-order valence-electron chi connectivity index (χ4n) is 1.94. The van der Waals surface area contributed by atoms with E-state index >= 15 is 0 Å². The van der Waals surface area contributed by atoms with Crippen LogP contribution in [-0.4, -0.2) is 24.2 Å². The molecule has 0 saturated heterocycles. The van der Waals surface area contributed by atoms with E-state index in [-0.39, 0.29) is 12.5 Å². The zero-order valence-electron chi connectivity index (χ0n) is 11.8. The van der Waals surface area contributed by atoms with E-state index in [4.69, 9.17) is 5.11 Å². The van der Waals surface area contributed by atoms with Gasteiger partial charge in [0.05, 0.1) is 5.56 Å². The SMILES string of the molecule is Cc1ccc(C(=O)NCCc2ccsc2)c(C#CCO)c1. The van der Waals surface area contributed by atoms with Gasteiger partial charge in [-0.25, -0.2) is 0 Å². The molecule has 1 amide bonds. The number of nitrogens with one attached hydrogen (secondary N) is 1. The molecule has 21 heavy (non-hydrogen) atoms. The van der Waals surface area contributed by atoms with Crippen LogP contribution in [0.25, 0.3) is 0 Å². The Hall–Kier alpha value is -2.09. The van der Waals surface area contributed by atoms with Gasteiger partial charge in [-0.05, 0) is 53.4 Å². The van der Waals surface area contributed by atoms with Gasteiger partial charge in [0, 0.05) is 12.1 Å². The lowest BCUT2D eigenvalue weighted by atomic mass is 10.0. The van der Waals surface area contributed by atoms with Crippen LogP contribution in [-0.2, 0) is 6.42 Å². The number of amides is 1. The van der Waals surface area contributed by atoms with Crippen molar-refractivity contribution in [1.29, 1.82) is 0 Å². The van der Waals surface area contributed by atoms with Crippen LogP contribution >= 0.6 is 11.3 Å². The van der Waals surface area contributed by atoms with Gasteiger partial charge in [-0.1, -0.05) is 17.9 Å². The van der Waals surface area contributed by atoms with Gasteiger partial charge in [-0.15, -0.1) is 0 Å². The molecule has 0 aliphatic rings. The van der Waals surface area contributed by atoms with Gasteiger partial charge in [-0.3, -0.25) is 4.79 Å². The molecule has 0 unspecified atom stereocenters. The molecule has 0 atom stereocenters. The van der Waals surface area contributed by atoms with E-state index in [1.807, 2.05) is 24.4 Å². The molecule has 0 fully saturated rings. The molecule has 0 saturated carbocycles. The summed E-state index contributed by atoms with van der Waals surface area (Å²) in [4.78, 5) is 12.2. The summed E-state index contributed by atoms with van der Waals surface area (Å²) in [6.45, 7) is 2.33. The van der Waals surface area contributed by atoms with E-state index in [1.165, 1.54) is 5.56 Å². The van der Waals surface area contributed by atoms with E-state index in [9.17, 15) is 4.79 Å². The summed E-state index contributed by atoms with van der Waals surface area (Å²) >= 11 is 1.65. The van der Waals surface area contributed by atoms with Crippen molar-refractivity contribution in [3.8, 4) is 11.8 Å². The van der Waals surface area contributed by atoms with Crippen LogP contribution < -0.4 is 5.32 Å². The Kier molecular flexibility index (Phi) is 5.56. The first-order valence-corrected chi connectivity index (χ1v) is 7.64. The molecule has 1 aromatic heterocycles. The number of aliphatic hydroxyl groups excluding tert-OH is 1. The van der Waals surface area contributed by atoms with Crippen molar-refractivity contribution in [1.82, 2.24) is 5.32 Å². The van der Waals surface area contributed by atoms with Crippen LogP contribution in [0.1, 0.15) is 27.0 Å². The van der Waals surface area contributed by atoms with Gasteiger partial charge in [0.25, 0.3) is 5.91 Å². The monoisotopic (exact) mass is 299 g/mol. The van der Waals surface area contributed by atoms with Crippen LogP contribution in [0, 0.1) is 18.8 Å². The second kappa shape index (κ2) is 7.63. The molecule has 1 heterocycles. The number of aryl methyl sites for hydroxylation is 1. The summed E-state index contributed by atoms with van der Waals surface area (Å²) < 4.78 is 0. The standard InChI is InChI=1S/C17H17NO2S/c1-13-4-5-16(15(11-13)3-2-9-19)17(20)18-8-6-14-7-10-21-12-14/h4-5,7,10-12,19H,6,8-9H2,1H3,(H,18,20). The summed E-state index contributed by atoms with van der Waals surface area (Å²) in [6, 6.07) is 7.58. The number of carbonyl (C=O) groups is 1. The van der Waals surface area contributed by atoms with Gasteiger partial charge in [0.15, 0.2) is 0 Å². The van der Waals surface area contributed by atoms with Crippen LogP contribution in [0.2, 0.25) is 0 Å². The molecule has 2 rings (SSSR count). The number of benzene rings is 1. The number of thiophene rings is 1. The minimum atomic E-state index is -0.215. The van der Waals surface area contributed by atoms with Crippen LogP contribution in [0.5, 0.6) is 0 Å². The Balaban J connectivity index is 2.04. The number of rotatable bonds is 4. The number of aliphatic hydroxyl groups is 1. The maximum absolute atomic E-state index is 12.2. The minimum absolute atomic E-state index is 0.132. The van der Waals surface area contributed by atoms with Crippen molar-refractivity contribution in [3.63, 3.8) is 0 Å². The third-order valence-corrected chi connectivity index (χ3v) is 3.73. The number of carbonyl (C=O) groups excluding carboxylic acids is 1. The number of hydrogen-bond donors (Lipinski definition) is 2. The molecule has 2 N–H and O–H groups in total. The first-order chi connectivity index (χ1) is 10.2. The topological polar surface area (TPSA) is 49.3 Å². The molecular weight excluding hydrogens is 282 g/mol. The average molecular weight is 299 g/mol. The fraction of sp³-hybridized carbons (Fsp3) is 0.235. The Morgan fingerprint density at radius 2 is 2.24 bits per heavy atom. The molecule has 0 aliphatic heterocycles. The molecule has 3 nitrogen and oxygen atoms in total. The predicted octanol–water partition coefficient (Wildman–Crippen LogP) is 2.37. The molecule has 2 aromatic rings. The molecule has 4 heteroatoms. The summed E-state index contributed by atoms with van der Waals surface area (Å²) in [7, 11) is 0. The third-order valence-electron chi connectivity index (χ3n) is 3.00. The van der Waals surface area contributed by atoms with Gasteiger partial charge >= 0.3 is 0 Å². The van der Waals surface area contributed by atoms with Crippen molar-refractivity contribution in [2.45, 2.75) is 13.3 Å². The number of hydrogen-bond acceptors (Lipinski definition) is 3. The molecule has 0 spiro atoms. The Morgan fingerprint density at radius 1 is 1.38 bits per heavy atom. The largest absolute Gasteiger partial charge is 0.384 e. The maximum atomic E-state index is 12.2. The summed E-state index contributed by atoms with van der Waals surface area (Å²) in [5, 5.41) is 15.8. The molecular formula is C17H17NO2S. The van der Waals surface area contributed by atoms with Crippen LogP contribution in [0.4, 0.5) is 0 Å². The molecule has 0 bridgehead atoms. The lowest BCUT2D eigenvalue weighted by Gasteiger charge is -2.07. The van der Waals surface area contributed by atoms with Gasteiger partial charge < -0.3 is 10.4 Å². The van der Waals surface area contributed by atoms with Crippen molar-refractivity contribution < 1.29 is 9.90 Å². The summed E-state index contributed by atoms with van der Waals surface area (Å²) in [6.07, 6.45) is 0.818. The molecule has 0 aliphatic carbocycles. The molecule has 1 aromatic carbocycles. The van der Waals surface area contributed by atoms with Gasteiger partial charge in [-0.2, -0.15) is 11.3 Å². The highest BCUT2D eigenvalue weighted by atomic mass is 32.1.